The summed E-state index contributed by atoms with van der Waals surface area (Å²) in [4.78, 5) is 22.2. The van der Waals surface area contributed by atoms with Gasteiger partial charge in [-0.05, 0) is 30.4 Å². The Balaban J connectivity index is 2.76. The number of benzene rings is 1. The number of amides is 3. The fourth-order valence-electron chi connectivity index (χ4n) is 1.00. The van der Waals surface area contributed by atoms with Crippen LogP contribution in [0.15, 0.2) is 27.1 Å². The van der Waals surface area contributed by atoms with Crippen molar-refractivity contribution in [1.82, 2.24) is 10.6 Å². The highest BCUT2D eigenvalue weighted by molar-refractivity contribution is 9.11. The largest absolute Gasteiger partial charge is 0.351 e. The second-order valence-electron chi connectivity index (χ2n) is 2.93. The molecule has 0 fully saturated rings. The minimum Gasteiger partial charge on any atom is -0.351 e. The number of carbonyl (C=O) groups is 2. The summed E-state index contributed by atoms with van der Waals surface area (Å²) >= 11 is 11.2. The van der Waals surface area contributed by atoms with Crippen molar-refractivity contribution in [3.63, 3.8) is 0 Å². The number of carbonyl (C=O) groups excluding carboxylic acids is 2. The molecule has 8 heteroatoms. The summed E-state index contributed by atoms with van der Waals surface area (Å²) in [5.74, 6) is -0.439. The molecule has 1 rings (SSSR count). The molecule has 0 bridgehead atoms. The van der Waals surface area contributed by atoms with Crippen LogP contribution in [0.1, 0.15) is 10.4 Å². The Kier molecular flexibility index (Phi) is 5.03. The third-order valence-electron chi connectivity index (χ3n) is 1.59. The standard InChI is InChI=1S/C9H7Br2N3O2S/c10-5-1-4(2-6(11)3-5)7(15)13-9(17)14-8(12)16/h1-3H,(H4,12,13,14,15,16,17). The molecule has 5 nitrogen and oxygen atoms in total. The summed E-state index contributed by atoms with van der Waals surface area (Å²) in [5, 5.41) is 4.27. The monoisotopic (exact) mass is 379 g/mol. The molecule has 0 unspecified atom stereocenters. The van der Waals surface area contributed by atoms with Crippen molar-refractivity contribution >= 4 is 61.1 Å². The molecular weight excluding hydrogens is 374 g/mol. The van der Waals surface area contributed by atoms with Crippen LogP contribution >= 0.6 is 44.1 Å². The zero-order valence-electron chi connectivity index (χ0n) is 8.29. The normalized spacial score (nSPS) is 9.53. The molecule has 0 aliphatic carbocycles. The Bertz CT molecular complexity index is 473. The van der Waals surface area contributed by atoms with E-state index in [2.05, 4.69) is 42.5 Å². The number of nitrogens with two attached hydrogens (primary N) is 1. The van der Waals surface area contributed by atoms with Crippen LogP contribution < -0.4 is 16.4 Å². The minimum atomic E-state index is -0.828. The topological polar surface area (TPSA) is 84.2 Å². The molecule has 0 spiro atoms. The molecule has 1 aromatic rings. The number of rotatable bonds is 1. The Morgan fingerprint density at radius 1 is 1.12 bits per heavy atom. The van der Waals surface area contributed by atoms with Crippen molar-refractivity contribution in [1.29, 1.82) is 0 Å². The number of nitrogens with one attached hydrogen (secondary N) is 2. The van der Waals surface area contributed by atoms with Gasteiger partial charge in [-0.2, -0.15) is 0 Å². The lowest BCUT2D eigenvalue weighted by Crippen LogP contribution is -2.44. The van der Waals surface area contributed by atoms with Gasteiger partial charge in [0.15, 0.2) is 5.11 Å². The third kappa shape index (κ3) is 4.80. The van der Waals surface area contributed by atoms with Crippen LogP contribution in [0.5, 0.6) is 0 Å². The number of hydrogen-bond acceptors (Lipinski definition) is 3. The minimum absolute atomic E-state index is 0.140. The van der Waals surface area contributed by atoms with Crippen LogP contribution in [0.4, 0.5) is 4.79 Å². The van der Waals surface area contributed by atoms with Gasteiger partial charge in [0.05, 0.1) is 0 Å². The van der Waals surface area contributed by atoms with E-state index < -0.39 is 11.9 Å². The molecule has 0 saturated heterocycles. The summed E-state index contributed by atoms with van der Waals surface area (Å²) < 4.78 is 1.48. The van der Waals surface area contributed by atoms with E-state index in [-0.39, 0.29) is 5.11 Å². The highest BCUT2D eigenvalue weighted by Crippen LogP contribution is 2.19. The smallest absolute Gasteiger partial charge is 0.318 e. The predicted molar refractivity (Wildman–Crippen MR) is 74.6 cm³/mol. The second-order valence-corrected chi connectivity index (χ2v) is 5.17. The van der Waals surface area contributed by atoms with Crippen molar-refractivity contribution in [2.75, 3.05) is 0 Å². The molecule has 0 aromatic heterocycles. The maximum atomic E-state index is 11.7. The summed E-state index contributed by atoms with van der Waals surface area (Å²) in [6, 6.07) is 4.20. The first-order valence-electron chi connectivity index (χ1n) is 4.26. The first kappa shape index (κ1) is 14.1. The van der Waals surface area contributed by atoms with Crippen LogP contribution in [0.25, 0.3) is 0 Å². The maximum Gasteiger partial charge on any atom is 0.318 e. The van der Waals surface area contributed by atoms with Crippen LogP contribution in [-0.4, -0.2) is 17.1 Å². The van der Waals surface area contributed by atoms with Crippen molar-refractivity contribution in [3.8, 4) is 0 Å². The Hall–Kier alpha value is -0.990. The fourth-order valence-corrected chi connectivity index (χ4v) is 2.49. The van der Waals surface area contributed by atoms with Crippen LogP contribution in [0.3, 0.4) is 0 Å². The van der Waals surface area contributed by atoms with E-state index in [0.29, 0.717) is 5.56 Å². The summed E-state index contributed by atoms with van der Waals surface area (Å²) in [5.41, 5.74) is 5.24. The molecular formula is C9H7Br2N3O2S. The Morgan fingerprint density at radius 2 is 1.65 bits per heavy atom. The number of primary amides is 1. The van der Waals surface area contributed by atoms with Gasteiger partial charge < -0.3 is 5.73 Å². The molecule has 0 heterocycles. The van der Waals surface area contributed by atoms with Crippen molar-refractivity contribution in [2.24, 2.45) is 5.73 Å². The van der Waals surface area contributed by atoms with Gasteiger partial charge in [-0.3, -0.25) is 15.4 Å². The van der Waals surface area contributed by atoms with Gasteiger partial charge in [0.2, 0.25) is 0 Å². The Morgan fingerprint density at radius 3 is 2.12 bits per heavy atom. The van der Waals surface area contributed by atoms with Crippen LogP contribution in [-0.2, 0) is 0 Å². The number of halogens is 2. The SMILES string of the molecule is NC(=O)NC(=S)NC(=O)c1cc(Br)cc(Br)c1. The molecule has 0 aliphatic heterocycles. The van der Waals surface area contributed by atoms with Crippen LogP contribution in [0.2, 0.25) is 0 Å². The summed E-state index contributed by atoms with van der Waals surface area (Å²) in [6.07, 6.45) is 0. The van der Waals surface area contributed by atoms with Crippen molar-refractivity contribution < 1.29 is 9.59 Å². The van der Waals surface area contributed by atoms with Gasteiger partial charge in [0.25, 0.3) is 5.91 Å². The molecule has 0 radical (unpaired) electrons. The van der Waals surface area contributed by atoms with Crippen molar-refractivity contribution in [2.45, 2.75) is 0 Å². The van der Waals surface area contributed by atoms with Crippen LogP contribution in [0, 0.1) is 0 Å². The molecule has 4 N–H and O–H groups in total. The highest BCUT2D eigenvalue weighted by atomic mass is 79.9. The van der Waals surface area contributed by atoms with E-state index in [1.54, 1.807) is 18.2 Å². The number of hydrogen-bond donors (Lipinski definition) is 3. The van der Waals surface area contributed by atoms with Gasteiger partial charge in [-0.15, -0.1) is 0 Å². The molecule has 3 amide bonds. The molecule has 1 aromatic carbocycles. The predicted octanol–water partition coefficient (Wildman–Crippen LogP) is 1.89. The summed E-state index contributed by atoms with van der Waals surface area (Å²) in [7, 11) is 0. The van der Waals surface area contributed by atoms with Gasteiger partial charge in [-0.25, -0.2) is 4.79 Å². The van der Waals surface area contributed by atoms with E-state index in [1.807, 2.05) is 0 Å². The van der Waals surface area contributed by atoms with Gasteiger partial charge >= 0.3 is 6.03 Å². The second kappa shape index (κ2) is 6.08. The van der Waals surface area contributed by atoms with E-state index in [9.17, 15) is 9.59 Å². The van der Waals surface area contributed by atoms with Gasteiger partial charge in [-0.1, -0.05) is 31.9 Å². The lowest BCUT2D eigenvalue weighted by molar-refractivity contribution is 0.0977. The number of urea groups is 1. The molecule has 90 valence electrons. The average Bonchev–Trinajstić information content (AvgIpc) is 2.14. The first-order valence-corrected chi connectivity index (χ1v) is 6.26. The van der Waals surface area contributed by atoms with Crippen molar-refractivity contribution in [3.05, 3.63) is 32.7 Å². The highest BCUT2D eigenvalue weighted by Gasteiger charge is 2.10. The zero-order chi connectivity index (χ0) is 13.0. The van der Waals surface area contributed by atoms with Gasteiger partial charge in [0.1, 0.15) is 0 Å². The average molecular weight is 381 g/mol. The van der Waals surface area contributed by atoms with E-state index in [1.165, 1.54) is 0 Å². The lowest BCUT2D eigenvalue weighted by Gasteiger charge is -2.07. The van der Waals surface area contributed by atoms with Gasteiger partial charge in [0, 0.05) is 14.5 Å². The molecule has 0 saturated carbocycles. The quantitative estimate of drug-likeness (QED) is 0.650. The fraction of sp³-hybridized carbons (Fsp3) is 0. The zero-order valence-corrected chi connectivity index (χ0v) is 12.3. The Labute approximate surface area is 119 Å². The molecule has 17 heavy (non-hydrogen) atoms. The van der Waals surface area contributed by atoms with E-state index >= 15 is 0 Å². The van der Waals surface area contributed by atoms with E-state index in [4.69, 9.17) is 18.0 Å². The molecule has 0 atom stereocenters. The van der Waals surface area contributed by atoms with E-state index in [0.717, 1.165) is 8.95 Å². The summed E-state index contributed by atoms with van der Waals surface area (Å²) in [6.45, 7) is 0. The third-order valence-corrected chi connectivity index (χ3v) is 2.71. The maximum absolute atomic E-state index is 11.7. The molecule has 0 aliphatic rings. The number of thiocarbonyl (C=S) groups is 1. The first-order chi connectivity index (χ1) is 7.88. The lowest BCUT2D eigenvalue weighted by atomic mass is 10.2.